The lowest BCUT2D eigenvalue weighted by Crippen LogP contribution is -2.24. The van der Waals surface area contributed by atoms with Crippen LogP contribution in [0.15, 0.2) is 54.6 Å². The molecule has 164 valence electrons. The summed E-state index contributed by atoms with van der Waals surface area (Å²) in [6, 6.07) is 18.0. The van der Waals surface area contributed by atoms with Gasteiger partial charge in [0.25, 0.3) is 0 Å². The summed E-state index contributed by atoms with van der Waals surface area (Å²) in [7, 11) is 1.64. The highest BCUT2D eigenvalue weighted by Gasteiger charge is 2.21. The van der Waals surface area contributed by atoms with Gasteiger partial charge in [0.1, 0.15) is 11.5 Å². The number of aryl methyl sites for hydroxylation is 1. The average molecular weight is 413 g/mol. The summed E-state index contributed by atoms with van der Waals surface area (Å²) in [5, 5.41) is 10.3. The molecule has 0 amide bonds. The Labute approximate surface area is 181 Å². The Bertz CT molecular complexity index is 747. The van der Waals surface area contributed by atoms with Gasteiger partial charge in [0, 0.05) is 12.8 Å². The maximum absolute atomic E-state index is 12.6. The Morgan fingerprint density at radius 2 is 1.63 bits per heavy atom. The van der Waals surface area contributed by atoms with E-state index in [1.165, 1.54) is 5.56 Å². The lowest BCUT2D eigenvalue weighted by molar-refractivity contribution is -0.124. The van der Waals surface area contributed by atoms with Crippen LogP contribution < -0.4 is 4.74 Å². The van der Waals surface area contributed by atoms with E-state index < -0.39 is 6.10 Å². The number of carbonyl (C=O) groups excluding carboxylic acids is 1. The van der Waals surface area contributed by atoms with Crippen molar-refractivity contribution in [3.63, 3.8) is 0 Å². The first-order chi connectivity index (χ1) is 14.2. The quantitative estimate of drug-likeness (QED) is 0.510. The van der Waals surface area contributed by atoms with Gasteiger partial charge in [-0.3, -0.25) is 4.79 Å². The first-order valence-corrected chi connectivity index (χ1v) is 10.7. The molecule has 0 aliphatic carbocycles. The molecule has 0 fully saturated rings. The van der Waals surface area contributed by atoms with Crippen LogP contribution >= 0.6 is 0 Å². The molecule has 0 spiro atoms. The number of methoxy groups -OCH3 is 1. The Hall–Kier alpha value is -2.17. The third kappa shape index (κ3) is 9.55. The average Bonchev–Trinajstić information content (AvgIpc) is 2.69. The van der Waals surface area contributed by atoms with Crippen LogP contribution in [0.3, 0.4) is 0 Å². The van der Waals surface area contributed by atoms with Crippen molar-refractivity contribution >= 4 is 5.78 Å². The third-order valence-corrected chi connectivity index (χ3v) is 5.01. The monoisotopic (exact) mass is 412 g/mol. The number of aliphatic hydroxyl groups is 1. The van der Waals surface area contributed by atoms with E-state index in [2.05, 4.69) is 32.9 Å². The van der Waals surface area contributed by atoms with Crippen molar-refractivity contribution in [2.45, 2.75) is 71.7 Å². The maximum Gasteiger partial charge on any atom is 0.138 e. The Morgan fingerprint density at radius 3 is 2.23 bits per heavy atom. The van der Waals surface area contributed by atoms with Crippen molar-refractivity contribution < 1.29 is 19.4 Å². The minimum absolute atomic E-state index is 0.00270. The molecule has 2 aromatic carbocycles. The molecule has 2 atom stereocenters. The topological polar surface area (TPSA) is 55.8 Å². The Balaban J connectivity index is 1.94. The van der Waals surface area contributed by atoms with Gasteiger partial charge < -0.3 is 14.6 Å². The molecule has 0 aliphatic heterocycles. The molecule has 4 nitrogen and oxygen atoms in total. The molecule has 30 heavy (non-hydrogen) atoms. The fourth-order valence-electron chi connectivity index (χ4n) is 3.53. The van der Waals surface area contributed by atoms with Gasteiger partial charge in [-0.15, -0.1) is 0 Å². The van der Waals surface area contributed by atoms with Gasteiger partial charge >= 0.3 is 0 Å². The van der Waals surface area contributed by atoms with E-state index in [4.69, 9.17) is 9.47 Å². The summed E-state index contributed by atoms with van der Waals surface area (Å²) < 4.78 is 11.3. The zero-order chi connectivity index (χ0) is 22.0. The molecule has 0 bridgehead atoms. The number of hydrogen-bond donors (Lipinski definition) is 1. The molecule has 0 saturated heterocycles. The molecule has 0 saturated carbocycles. The van der Waals surface area contributed by atoms with Crippen LogP contribution in [-0.4, -0.2) is 30.2 Å². The van der Waals surface area contributed by atoms with E-state index in [1.807, 2.05) is 42.5 Å². The second kappa shape index (κ2) is 11.9. The summed E-state index contributed by atoms with van der Waals surface area (Å²) in [4.78, 5) is 12.6. The highest BCUT2D eigenvalue weighted by Crippen LogP contribution is 2.23. The number of rotatable bonds is 12. The van der Waals surface area contributed by atoms with Gasteiger partial charge in [0.15, 0.2) is 0 Å². The predicted octanol–water partition coefficient (Wildman–Crippen LogP) is 5.36. The minimum atomic E-state index is -0.603. The number of benzene rings is 2. The van der Waals surface area contributed by atoms with Crippen LogP contribution in [0, 0.1) is 5.41 Å². The highest BCUT2D eigenvalue weighted by atomic mass is 16.5. The molecule has 0 radical (unpaired) electrons. The van der Waals surface area contributed by atoms with Crippen molar-refractivity contribution in [2.24, 2.45) is 5.41 Å². The van der Waals surface area contributed by atoms with E-state index >= 15 is 0 Å². The van der Waals surface area contributed by atoms with Crippen molar-refractivity contribution in [3.8, 4) is 5.75 Å². The van der Waals surface area contributed by atoms with Crippen molar-refractivity contribution in [2.75, 3.05) is 7.11 Å². The van der Waals surface area contributed by atoms with E-state index in [0.717, 1.165) is 24.2 Å². The van der Waals surface area contributed by atoms with Gasteiger partial charge in [-0.25, -0.2) is 0 Å². The van der Waals surface area contributed by atoms with Gasteiger partial charge in [-0.1, -0.05) is 63.2 Å². The standard InChI is InChI=1S/C26H36O4/c1-26(2,3)18-23(28)16-22(27)17-25(15-10-20-8-6-5-7-9-20)30-19-21-11-13-24(29-4)14-12-21/h5-9,11-14,23,25,28H,10,15-19H2,1-4H3/t23-,25+/m0/s1. The third-order valence-electron chi connectivity index (χ3n) is 5.01. The number of carbonyl (C=O) groups is 1. The molecule has 2 rings (SSSR count). The van der Waals surface area contributed by atoms with E-state index in [1.54, 1.807) is 7.11 Å². The van der Waals surface area contributed by atoms with Crippen LogP contribution in [0.1, 0.15) is 57.6 Å². The van der Waals surface area contributed by atoms with Crippen molar-refractivity contribution in [1.82, 2.24) is 0 Å². The van der Waals surface area contributed by atoms with E-state index in [0.29, 0.717) is 19.4 Å². The van der Waals surface area contributed by atoms with Crippen molar-refractivity contribution in [3.05, 3.63) is 65.7 Å². The largest absolute Gasteiger partial charge is 0.497 e. The normalized spacial score (nSPS) is 13.6. The number of ketones is 1. The summed E-state index contributed by atoms with van der Waals surface area (Å²) in [6.45, 7) is 6.66. The molecule has 0 unspecified atom stereocenters. The van der Waals surface area contributed by atoms with Gasteiger partial charge in [0.05, 0.1) is 25.9 Å². The fraction of sp³-hybridized carbons (Fsp3) is 0.500. The Morgan fingerprint density at radius 1 is 0.967 bits per heavy atom. The summed E-state index contributed by atoms with van der Waals surface area (Å²) >= 11 is 0. The summed E-state index contributed by atoms with van der Waals surface area (Å²) in [6.07, 6.45) is 1.96. The molecular formula is C26H36O4. The van der Waals surface area contributed by atoms with Crippen LogP contribution in [0.25, 0.3) is 0 Å². The number of aliphatic hydroxyl groups excluding tert-OH is 1. The van der Waals surface area contributed by atoms with Crippen LogP contribution in [0.4, 0.5) is 0 Å². The Kier molecular flexibility index (Phi) is 9.54. The minimum Gasteiger partial charge on any atom is -0.497 e. The number of Topliss-reactive ketones (excluding diaryl/α,β-unsaturated/α-hetero) is 1. The highest BCUT2D eigenvalue weighted by molar-refractivity contribution is 5.79. The number of hydrogen-bond acceptors (Lipinski definition) is 4. The molecular weight excluding hydrogens is 376 g/mol. The number of ether oxygens (including phenoxy) is 2. The second-order valence-corrected chi connectivity index (χ2v) is 9.17. The molecule has 4 heteroatoms. The molecule has 0 aromatic heterocycles. The molecule has 2 aromatic rings. The zero-order valence-corrected chi connectivity index (χ0v) is 18.8. The van der Waals surface area contributed by atoms with Crippen LogP contribution in [0.5, 0.6) is 5.75 Å². The van der Waals surface area contributed by atoms with Crippen LogP contribution in [-0.2, 0) is 22.6 Å². The van der Waals surface area contributed by atoms with Gasteiger partial charge in [-0.05, 0) is 47.9 Å². The zero-order valence-electron chi connectivity index (χ0n) is 18.8. The van der Waals surface area contributed by atoms with Crippen molar-refractivity contribution in [1.29, 1.82) is 0 Å². The SMILES string of the molecule is COc1ccc(CO[C@H](CCc2ccccc2)CC(=O)C[C@H](O)CC(C)(C)C)cc1. The van der Waals surface area contributed by atoms with Gasteiger partial charge in [0.2, 0.25) is 0 Å². The maximum atomic E-state index is 12.6. The summed E-state index contributed by atoms with van der Waals surface area (Å²) in [5.74, 6) is 0.863. The van der Waals surface area contributed by atoms with Gasteiger partial charge in [-0.2, -0.15) is 0 Å². The summed E-state index contributed by atoms with van der Waals surface area (Å²) in [5.41, 5.74) is 2.27. The van der Waals surface area contributed by atoms with E-state index in [9.17, 15) is 9.90 Å². The molecule has 1 N–H and O–H groups in total. The van der Waals surface area contributed by atoms with E-state index in [-0.39, 0.29) is 23.7 Å². The predicted molar refractivity (Wildman–Crippen MR) is 121 cm³/mol. The second-order valence-electron chi connectivity index (χ2n) is 9.17. The fourth-order valence-corrected chi connectivity index (χ4v) is 3.53. The van der Waals surface area contributed by atoms with Crippen LogP contribution in [0.2, 0.25) is 0 Å². The lowest BCUT2D eigenvalue weighted by atomic mass is 9.87. The first-order valence-electron chi connectivity index (χ1n) is 10.7. The molecule has 0 aliphatic rings. The smallest absolute Gasteiger partial charge is 0.138 e. The lowest BCUT2D eigenvalue weighted by Gasteiger charge is -2.23. The molecule has 0 heterocycles. The first kappa shape index (κ1) is 24.1.